The number of nitrogens with one attached hydrogen (secondary N) is 1. The van der Waals surface area contributed by atoms with Crippen molar-refractivity contribution >= 4 is 0 Å². The van der Waals surface area contributed by atoms with Crippen LogP contribution < -0.4 is 5.73 Å². The van der Waals surface area contributed by atoms with E-state index in [4.69, 9.17) is 5.73 Å². The zero-order chi connectivity index (χ0) is 13.7. The van der Waals surface area contributed by atoms with E-state index < -0.39 is 0 Å². The average molecular weight is 258 g/mol. The minimum atomic E-state index is 0.208. The minimum absolute atomic E-state index is 0.208. The van der Waals surface area contributed by atoms with Gasteiger partial charge in [-0.1, -0.05) is 44.2 Å². The molecule has 0 radical (unpaired) electrons. The number of aromatic amines is 1. The third-order valence-electron chi connectivity index (χ3n) is 3.48. The van der Waals surface area contributed by atoms with Crippen molar-refractivity contribution in [2.24, 2.45) is 5.73 Å². The molecule has 0 fully saturated rings. The second kappa shape index (κ2) is 6.50. The monoisotopic (exact) mass is 258 g/mol. The van der Waals surface area contributed by atoms with E-state index in [1.165, 1.54) is 0 Å². The van der Waals surface area contributed by atoms with Gasteiger partial charge >= 0.3 is 0 Å². The van der Waals surface area contributed by atoms with E-state index in [1.807, 2.05) is 24.4 Å². The number of aromatic nitrogens is 2. The van der Waals surface area contributed by atoms with Gasteiger partial charge < -0.3 is 10.7 Å². The number of nitrogens with zero attached hydrogens (tertiary/aromatic N) is 2. The Morgan fingerprint density at radius 3 is 2.47 bits per heavy atom. The molecule has 2 aromatic rings. The van der Waals surface area contributed by atoms with E-state index in [-0.39, 0.29) is 6.04 Å². The van der Waals surface area contributed by atoms with E-state index in [9.17, 15) is 0 Å². The van der Waals surface area contributed by atoms with Crippen molar-refractivity contribution in [2.45, 2.75) is 19.9 Å². The third kappa shape index (κ3) is 3.03. The first kappa shape index (κ1) is 13.8. The molecule has 0 spiro atoms. The van der Waals surface area contributed by atoms with Crippen LogP contribution in [0.4, 0.5) is 0 Å². The number of imidazole rings is 1. The molecule has 102 valence electrons. The van der Waals surface area contributed by atoms with Crippen molar-refractivity contribution in [2.75, 3.05) is 19.6 Å². The maximum absolute atomic E-state index is 5.92. The molecule has 4 heteroatoms. The number of hydrogen-bond donors (Lipinski definition) is 2. The van der Waals surface area contributed by atoms with Crippen LogP contribution in [0.25, 0.3) is 11.4 Å². The lowest BCUT2D eigenvalue weighted by atomic mass is 10.2. The summed E-state index contributed by atoms with van der Waals surface area (Å²) in [5, 5.41) is 0. The maximum atomic E-state index is 5.92. The normalized spacial score (nSPS) is 12.8. The largest absolute Gasteiger partial charge is 0.341 e. The van der Waals surface area contributed by atoms with Gasteiger partial charge in [0.25, 0.3) is 0 Å². The zero-order valence-electron chi connectivity index (χ0n) is 11.6. The van der Waals surface area contributed by atoms with Crippen LogP contribution in [-0.4, -0.2) is 34.5 Å². The molecule has 3 N–H and O–H groups in total. The SMILES string of the molecule is CCN(CC)C(CN)c1cnc(-c2ccccc2)[nH]1. The highest BCUT2D eigenvalue weighted by Crippen LogP contribution is 2.21. The fourth-order valence-electron chi connectivity index (χ4n) is 2.38. The molecule has 1 atom stereocenters. The lowest BCUT2D eigenvalue weighted by Gasteiger charge is -2.27. The number of rotatable bonds is 6. The Kier molecular flexibility index (Phi) is 4.71. The van der Waals surface area contributed by atoms with Crippen LogP contribution in [0, 0.1) is 0 Å². The molecular weight excluding hydrogens is 236 g/mol. The molecule has 0 aliphatic rings. The molecular formula is C15H22N4. The van der Waals surface area contributed by atoms with Crippen molar-refractivity contribution in [3.05, 3.63) is 42.2 Å². The summed E-state index contributed by atoms with van der Waals surface area (Å²) in [7, 11) is 0. The second-order valence-corrected chi connectivity index (χ2v) is 4.53. The van der Waals surface area contributed by atoms with Gasteiger partial charge in [-0.05, 0) is 13.1 Å². The Bertz CT molecular complexity index is 488. The first-order chi connectivity index (χ1) is 9.30. The predicted molar refractivity (Wildman–Crippen MR) is 78.7 cm³/mol. The fourth-order valence-corrected chi connectivity index (χ4v) is 2.38. The smallest absolute Gasteiger partial charge is 0.137 e. The van der Waals surface area contributed by atoms with Crippen molar-refractivity contribution < 1.29 is 0 Å². The highest BCUT2D eigenvalue weighted by molar-refractivity contribution is 5.54. The summed E-state index contributed by atoms with van der Waals surface area (Å²) in [5.74, 6) is 0.904. The van der Waals surface area contributed by atoms with Crippen LogP contribution in [0.3, 0.4) is 0 Å². The molecule has 0 saturated carbocycles. The molecule has 4 nitrogen and oxygen atoms in total. The molecule has 0 bridgehead atoms. The van der Waals surface area contributed by atoms with Gasteiger partial charge in [-0.25, -0.2) is 4.98 Å². The van der Waals surface area contributed by atoms with Gasteiger partial charge in [-0.2, -0.15) is 0 Å². The lowest BCUT2D eigenvalue weighted by molar-refractivity contribution is 0.220. The predicted octanol–water partition coefficient (Wildman–Crippen LogP) is 2.42. The molecule has 1 aromatic carbocycles. The molecule has 1 heterocycles. The Morgan fingerprint density at radius 1 is 1.21 bits per heavy atom. The molecule has 0 aliphatic heterocycles. The second-order valence-electron chi connectivity index (χ2n) is 4.53. The van der Waals surface area contributed by atoms with Crippen molar-refractivity contribution in [3.8, 4) is 11.4 Å². The Morgan fingerprint density at radius 2 is 1.89 bits per heavy atom. The number of hydrogen-bond acceptors (Lipinski definition) is 3. The first-order valence-electron chi connectivity index (χ1n) is 6.84. The summed E-state index contributed by atoms with van der Waals surface area (Å²) in [4.78, 5) is 10.2. The van der Waals surface area contributed by atoms with Crippen molar-refractivity contribution in [3.63, 3.8) is 0 Å². The molecule has 0 aliphatic carbocycles. The Labute approximate surface area is 114 Å². The van der Waals surface area contributed by atoms with Gasteiger partial charge in [-0.3, -0.25) is 4.90 Å². The van der Waals surface area contributed by atoms with E-state index in [0.29, 0.717) is 6.54 Å². The van der Waals surface area contributed by atoms with E-state index in [2.05, 4.69) is 40.8 Å². The van der Waals surface area contributed by atoms with Crippen LogP contribution in [0.5, 0.6) is 0 Å². The Hall–Kier alpha value is -1.65. The van der Waals surface area contributed by atoms with Crippen LogP contribution in [0.15, 0.2) is 36.5 Å². The fraction of sp³-hybridized carbons (Fsp3) is 0.400. The van der Waals surface area contributed by atoms with Gasteiger partial charge in [0.15, 0.2) is 0 Å². The van der Waals surface area contributed by atoms with Crippen LogP contribution in [0.2, 0.25) is 0 Å². The summed E-state index contributed by atoms with van der Waals surface area (Å²) in [6, 6.07) is 10.4. The van der Waals surface area contributed by atoms with Crippen LogP contribution in [0.1, 0.15) is 25.6 Å². The van der Waals surface area contributed by atoms with Gasteiger partial charge in [-0.15, -0.1) is 0 Å². The lowest BCUT2D eigenvalue weighted by Crippen LogP contribution is -2.33. The van der Waals surface area contributed by atoms with Gasteiger partial charge in [0.2, 0.25) is 0 Å². The zero-order valence-corrected chi connectivity index (χ0v) is 11.6. The maximum Gasteiger partial charge on any atom is 0.137 e. The summed E-state index contributed by atoms with van der Waals surface area (Å²) in [6.07, 6.45) is 1.90. The number of benzene rings is 1. The highest BCUT2D eigenvalue weighted by atomic mass is 15.2. The quantitative estimate of drug-likeness (QED) is 0.836. The number of nitrogens with two attached hydrogens (primary N) is 1. The van der Waals surface area contributed by atoms with E-state index in [0.717, 1.165) is 30.2 Å². The molecule has 0 amide bonds. The first-order valence-corrected chi connectivity index (χ1v) is 6.84. The van der Waals surface area contributed by atoms with Crippen LogP contribution in [-0.2, 0) is 0 Å². The summed E-state index contributed by atoms with van der Waals surface area (Å²) in [6.45, 7) is 6.87. The topological polar surface area (TPSA) is 57.9 Å². The summed E-state index contributed by atoms with van der Waals surface area (Å²) < 4.78 is 0. The van der Waals surface area contributed by atoms with Gasteiger partial charge in [0.05, 0.1) is 17.9 Å². The van der Waals surface area contributed by atoms with Gasteiger partial charge in [0, 0.05) is 12.1 Å². The molecule has 2 rings (SSSR count). The standard InChI is InChI=1S/C15H22N4/c1-3-19(4-2)14(10-16)13-11-17-15(18-13)12-8-6-5-7-9-12/h5-9,11,14H,3-4,10,16H2,1-2H3,(H,17,18). The highest BCUT2D eigenvalue weighted by Gasteiger charge is 2.18. The molecule has 19 heavy (non-hydrogen) atoms. The number of H-pyrrole nitrogens is 1. The molecule has 0 saturated heterocycles. The minimum Gasteiger partial charge on any atom is -0.341 e. The van der Waals surface area contributed by atoms with Crippen molar-refractivity contribution in [1.29, 1.82) is 0 Å². The van der Waals surface area contributed by atoms with E-state index >= 15 is 0 Å². The summed E-state index contributed by atoms with van der Waals surface area (Å²) in [5.41, 5.74) is 8.10. The Balaban J connectivity index is 2.24. The number of likely N-dealkylation sites (N-methyl/N-ethyl adjacent to an activating group) is 1. The summed E-state index contributed by atoms with van der Waals surface area (Å²) >= 11 is 0. The van der Waals surface area contributed by atoms with E-state index in [1.54, 1.807) is 0 Å². The van der Waals surface area contributed by atoms with Crippen LogP contribution >= 0.6 is 0 Å². The van der Waals surface area contributed by atoms with Crippen molar-refractivity contribution in [1.82, 2.24) is 14.9 Å². The molecule has 1 unspecified atom stereocenters. The third-order valence-corrected chi connectivity index (χ3v) is 3.48. The molecule has 1 aromatic heterocycles. The van der Waals surface area contributed by atoms with Gasteiger partial charge in [0.1, 0.15) is 5.82 Å². The average Bonchev–Trinajstić information content (AvgIpc) is 2.95.